The fraction of sp³-hybridized carbons (Fsp3) is 0.250. The molecule has 0 bridgehead atoms. The van der Waals surface area contributed by atoms with Crippen LogP contribution in [0.4, 0.5) is 4.39 Å². The predicted octanol–water partition coefficient (Wildman–Crippen LogP) is 4.30. The van der Waals surface area contributed by atoms with Gasteiger partial charge in [0.25, 0.3) is 0 Å². The molecule has 0 amide bonds. The first-order chi connectivity index (χ1) is 8.82. The van der Waals surface area contributed by atoms with E-state index in [9.17, 15) is 9.50 Å². The number of hydrogen-bond donors (Lipinski definition) is 1. The molecule has 100 valence electrons. The highest BCUT2D eigenvalue weighted by Crippen LogP contribution is 2.34. The van der Waals surface area contributed by atoms with Gasteiger partial charge in [0.1, 0.15) is 11.4 Å². The maximum Gasteiger partial charge on any atom is 0.130 e. The number of aryl methyl sites for hydroxylation is 2. The van der Waals surface area contributed by atoms with Crippen molar-refractivity contribution in [2.24, 2.45) is 0 Å². The van der Waals surface area contributed by atoms with Crippen LogP contribution in [0, 0.1) is 23.2 Å². The second-order valence-corrected chi connectivity index (χ2v) is 6.26. The highest BCUT2D eigenvalue weighted by Gasteiger charge is 2.30. The van der Waals surface area contributed by atoms with Gasteiger partial charge in [-0.15, -0.1) is 0 Å². The Balaban J connectivity index is 2.59. The molecule has 0 saturated carbocycles. The Morgan fingerprint density at radius 1 is 1.11 bits per heavy atom. The minimum Gasteiger partial charge on any atom is -0.381 e. The molecule has 1 unspecified atom stereocenters. The van der Waals surface area contributed by atoms with Gasteiger partial charge in [0, 0.05) is 9.13 Å². The second kappa shape index (κ2) is 5.21. The third-order valence-electron chi connectivity index (χ3n) is 3.32. The lowest BCUT2D eigenvalue weighted by Crippen LogP contribution is -2.25. The molecule has 2 aromatic rings. The average molecular weight is 370 g/mol. The van der Waals surface area contributed by atoms with Crippen molar-refractivity contribution in [3.8, 4) is 0 Å². The number of rotatable bonds is 2. The van der Waals surface area contributed by atoms with E-state index in [4.69, 9.17) is 0 Å². The highest BCUT2D eigenvalue weighted by atomic mass is 127. The van der Waals surface area contributed by atoms with Crippen LogP contribution >= 0.6 is 22.6 Å². The minimum absolute atomic E-state index is 0.347. The number of hydrogen-bond acceptors (Lipinski definition) is 1. The molecule has 2 rings (SSSR count). The Hall–Kier alpha value is -0.940. The lowest BCUT2D eigenvalue weighted by atomic mass is 9.84. The van der Waals surface area contributed by atoms with E-state index >= 15 is 0 Å². The number of aliphatic hydroxyl groups is 1. The normalized spacial score (nSPS) is 14.2. The quantitative estimate of drug-likeness (QED) is 0.782. The third-order valence-corrected chi connectivity index (χ3v) is 4.04. The summed E-state index contributed by atoms with van der Waals surface area (Å²) in [7, 11) is 0. The first-order valence-electron chi connectivity index (χ1n) is 6.08. The topological polar surface area (TPSA) is 20.2 Å². The van der Waals surface area contributed by atoms with Crippen molar-refractivity contribution in [3.63, 3.8) is 0 Å². The standard InChI is InChI=1S/C16H16FIO/c1-10-8-11(2)15(14(17)9-10)16(3,19)12-4-6-13(18)7-5-12/h4-9,19H,1-3H3. The Morgan fingerprint density at radius 3 is 2.21 bits per heavy atom. The SMILES string of the molecule is Cc1cc(C)c(C(C)(O)c2ccc(I)cc2)c(F)c1. The molecular weight excluding hydrogens is 354 g/mol. The fourth-order valence-electron chi connectivity index (χ4n) is 2.45. The zero-order chi connectivity index (χ0) is 14.2. The average Bonchev–Trinajstić information content (AvgIpc) is 2.27. The maximum atomic E-state index is 14.2. The monoisotopic (exact) mass is 370 g/mol. The summed E-state index contributed by atoms with van der Waals surface area (Å²) in [6, 6.07) is 10.8. The summed E-state index contributed by atoms with van der Waals surface area (Å²) >= 11 is 2.20. The van der Waals surface area contributed by atoms with Gasteiger partial charge in [-0.2, -0.15) is 0 Å². The molecule has 0 aliphatic carbocycles. The summed E-state index contributed by atoms with van der Waals surface area (Å²) in [4.78, 5) is 0. The first kappa shape index (κ1) is 14.5. The summed E-state index contributed by atoms with van der Waals surface area (Å²) in [6.07, 6.45) is 0. The zero-order valence-corrected chi connectivity index (χ0v) is 13.3. The molecule has 3 heteroatoms. The maximum absolute atomic E-state index is 14.2. The van der Waals surface area contributed by atoms with Crippen molar-refractivity contribution in [1.29, 1.82) is 0 Å². The molecular formula is C16H16FIO. The number of halogens is 2. The van der Waals surface area contributed by atoms with Gasteiger partial charge in [-0.3, -0.25) is 0 Å². The Morgan fingerprint density at radius 2 is 1.68 bits per heavy atom. The van der Waals surface area contributed by atoms with Crippen LogP contribution in [0.5, 0.6) is 0 Å². The molecule has 0 aromatic heterocycles. The molecule has 0 heterocycles. The number of benzene rings is 2. The summed E-state index contributed by atoms with van der Waals surface area (Å²) in [5.41, 5.74) is 1.34. The Bertz CT molecular complexity index is 580. The fourth-order valence-corrected chi connectivity index (χ4v) is 2.81. The molecule has 1 atom stereocenters. The van der Waals surface area contributed by atoms with Crippen LogP contribution in [0.1, 0.15) is 29.2 Å². The van der Waals surface area contributed by atoms with Crippen LogP contribution in [0.25, 0.3) is 0 Å². The van der Waals surface area contributed by atoms with E-state index in [1.807, 2.05) is 44.2 Å². The van der Waals surface area contributed by atoms with Crippen molar-refractivity contribution in [2.75, 3.05) is 0 Å². The molecule has 1 N–H and O–H groups in total. The van der Waals surface area contributed by atoms with Gasteiger partial charge < -0.3 is 5.11 Å². The smallest absolute Gasteiger partial charge is 0.130 e. The van der Waals surface area contributed by atoms with E-state index in [0.29, 0.717) is 11.1 Å². The summed E-state index contributed by atoms with van der Waals surface area (Å²) in [5.74, 6) is -0.360. The summed E-state index contributed by atoms with van der Waals surface area (Å²) in [6.45, 7) is 5.31. The van der Waals surface area contributed by atoms with E-state index in [-0.39, 0.29) is 5.82 Å². The van der Waals surface area contributed by atoms with Crippen molar-refractivity contribution >= 4 is 22.6 Å². The lowest BCUT2D eigenvalue weighted by Gasteiger charge is -2.27. The van der Waals surface area contributed by atoms with Crippen molar-refractivity contribution in [3.05, 3.63) is 68.0 Å². The van der Waals surface area contributed by atoms with Gasteiger partial charge in [0.05, 0.1) is 0 Å². The molecule has 0 spiro atoms. The zero-order valence-electron chi connectivity index (χ0n) is 11.2. The van der Waals surface area contributed by atoms with Gasteiger partial charge in [-0.05, 0) is 78.3 Å². The van der Waals surface area contributed by atoms with E-state index < -0.39 is 5.60 Å². The van der Waals surface area contributed by atoms with E-state index in [2.05, 4.69) is 22.6 Å². The molecule has 0 aliphatic rings. The van der Waals surface area contributed by atoms with Gasteiger partial charge in [0.15, 0.2) is 0 Å². The van der Waals surface area contributed by atoms with Crippen LogP contribution < -0.4 is 0 Å². The minimum atomic E-state index is -1.33. The molecule has 0 saturated heterocycles. The molecule has 1 nitrogen and oxygen atoms in total. The summed E-state index contributed by atoms with van der Waals surface area (Å²) in [5, 5.41) is 10.8. The van der Waals surface area contributed by atoms with E-state index in [1.165, 1.54) is 6.07 Å². The van der Waals surface area contributed by atoms with Crippen molar-refractivity contribution < 1.29 is 9.50 Å². The van der Waals surface area contributed by atoms with Crippen LogP contribution in [0.2, 0.25) is 0 Å². The Labute approximate surface area is 126 Å². The molecule has 0 radical (unpaired) electrons. The van der Waals surface area contributed by atoms with Crippen LogP contribution in [-0.4, -0.2) is 5.11 Å². The molecule has 0 aliphatic heterocycles. The van der Waals surface area contributed by atoms with E-state index in [0.717, 1.165) is 14.7 Å². The Kier molecular flexibility index (Phi) is 3.97. The van der Waals surface area contributed by atoms with Gasteiger partial charge in [-0.25, -0.2) is 4.39 Å². The molecule has 0 fully saturated rings. The molecule has 2 aromatic carbocycles. The van der Waals surface area contributed by atoms with Crippen LogP contribution in [0.15, 0.2) is 36.4 Å². The van der Waals surface area contributed by atoms with Crippen LogP contribution in [-0.2, 0) is 5.60 Å². The van der Waals surface area contributed by atoms with Crippen molar-refractivity contribution in [2.45, 2.75) is 26.4 Å². The van der Waals surface area contributed by atoms with Gasteiger partial charge in [0.2, 0.25) is 0 Å². The highest BCUT2D eigenvalue weighted by molar-refractivity contribution is 14.1. The third kappa shape index (κ3) is 2.82. The second-order valence-electron chi connectivity index (χ2n) is 5.02. The van der Waals surface area contributed by atoms with Crippen LogP contribution in [0.3, 0.4) is 0 Å². The van der Waals surface area contributed by atoms with Gasteiger partial charge in [-0.1, -0.05) is 18.2 Å². The van der Waals surface area contributed by atoms with E-state index in [1.54, 1.807) is 6.92 Å². The predicted molar refractivity (Wildman–Crippen MR) is 83.7 cm³/mol. The first-order valence-corrected chi connectivity index (χ1v) is 7.16. The summed E-state index contributed by atoms with van der Waals surface area (Å²) < 4.78 is 15.3. The largest absolute Gasteiger partial charge is 0.381 e. The van der Waals surface area contributed by atoms with Crippen molar-refractivity contribution in [1.82, 2.24) is 0 Å². The lowest BCUT2D eigenvalue weighted by molar-refractivity contribution is 0.0972. The van der Waals surface area contributed by atoms with Gasteiger partial charge >= 0.3 is 0 Å². The molecule has 19 heavy (non-hydrogen) atoms.